The number of nitrogens with one attached hydrogen (secondary N) is 2. The fourth-order valence-corrected chi connectivity index (χ4v) is 2.08. The van der Waals surface area contributed by atoms with Crippen LogP contribution in [-0.4, -0.2) is 19.6 Å². The standard InChI is InChI=1S/C15H14Cl2N2O2/c1-21-14-7-6-12(8-13(14)17)19-15(20)9-18-11-4-2-10(16)3-5-11/h2-8,18H,9H2,1H3,(H,19,20). The molecule has 1 amide bonds. The van der Waals surface area contributed by atoms with Gasteiger partial charge in [0.1, 0.15) is 5.75 Å². The summed E-state index contributed by atoms with van der Waals surface area (Å²) < 4.78 is 5.05. The van der Waals surface area contributed by atoms with Gasteiger partial charge in [-0.2, -0.15) is 0 Å². The van der Waals surface area contributed by atoms with Crippen LogP contribution in [0.5, 0.6) is 5.75 Å². The van der Waals surface area contributed by atoms with E-state index >= 15 is 0 Å². The summed E-state index contributed by atoms with van der Waals surface area (Å²) in [5, 5.41) is 6.85. The van der Waals surface area contributed by atoms with Crippen molar-refractivity contribution in [2.24, 2.45) is 0 Å². The predicted molar refractivity (Wildman–Crippen MR) is 86.6 cm³/mol. The minimum Gasteiger partial charge on any atom is -0.495 e. The van der Waals surface area contributed by atoms with Crippen LogP contribution < -0.4 is 15.4 Å². The van der Waals surface area contributed by atoms with Gasteiger partial charge in [-0.1, -0.05) is 23.2 Å². The van der Waals surface area contributed by atoms with E-state index in [1.54, 1.807) is 42.5 Å². The molecule has 21 heavy (non-hydrogen) atoms. The highest BCUT2D eigenvalue weighted by Crippen LogP contribution is 2.27. The fourth-order valence-electron chi connectivity index (χ4n) is 1.70. The van der Waals surface area contributed by atoms with E-state index in [9.17, 15) is 4.79 Å². The molecule has 6 heteroatoms. The van der Waals surface area contributed by atoms with Crippen LogP contribution in [0.25, 0.3) is 0 Å². The van der Waals surface area contributed by atoms with Crippen molar-refractivity contribution in [3.63, 3.8) is 0 Å². The summed E-state index contributed by atoms with van der Waals surface area (Å²) in [4.78, 5) is 11.8. The summed E-state index contributed by atoms with van der Waals surface area (Å²) >= 11 is 11.8. The Kier molecular flexibility index (Phi) is 5.31. The number of hydrogen-bond acceptors (Lipinski definition) is 3. The van der Waals surface area contributed by atoms with Gasteiger partial charge in [0.15, 0.2) is 0 Å². The number of benzene rings is 2. The van der Waals surface area contributed by atoms with E-state index in [0.29, 0.717) is 21.5 Å². The van der Waals surface area contributed by atoms with Gasteiger partial charge >= 0.3 is 0 Å². The summed E-state index contributed by atoms with van der Waals surface area (Å²) in [6, 6.07) is 12.2. The van der Waals surface area contributed by atoms with Crippen LogP contribution >= 0.6 is 23.2 Å². The minimum absolute atomic E-state index is 0.144. The molecule has 0 saturated carbocycles. The molecule has 2 N–H and O–H groups in total. The lowest BCUT2D eigenvalue weighted by atomic mass is 10.3. The van der Waals surface area contributed by atoms with Crippen LogP contribution in [0.3, 0.4) is 0 Å². The lowest BCUT2D eigenvalue weighted by molar-refractivity contribution is -0.114. The van der Waals surface area contributed by atoms with E-state index in [-0.39, 0.29) is 12.5 Å². The molecular weight excluding hydrogens is 311 g/mol. The highest BCUT2D eigenvalue weighted by Gasteiger charge is 2.05. The molecule has 2 aromatic rings. The van der Waals surface area contributed by atoms with Crippen molar-refractivity contribution < 1.29 is 9.53 Å². The number of halogens is 2. The number of carbonyl (C=O) groups is 1. The summed E-state index contributed by atoms with van der Waals surface area (Å²) in [5.41, 5.74) is 1.44. The summed E-state index contributed by atoms with van der Waals surface area (Å²) in [6.45, 7) is 0.144. The maximum atomic E-state index is 11.8. The molecular formula is C15H14Cl2N2O2. The SMILES string of the molecule is COc1ccc(NC(=O)CNc2ccc(Cl)cc2)cc1Cl. The number of carbonyl (C=O) groups excluding carboxylic acids is 1. The molecule has 0 radical (unpaired) electrons. The number of rotatable bonds is 5. The Morgan fingerprint density at radius 1 is 1.10 bits per heavy atom. The number of methoxy groups -OCH3 is 1. The van der Waals surface area contributed by atoms with Crippen molar-refractivity contribution in [2.75, 3.05) is 24.3 Å². The molecule has 2 aromatic carbocycles. The Morgan fingerprint density at radius 3 is 2.38 bits per heavy atom. The van der Waals surface area contributed by atoms with E-state index in [0.717, 1.165) is 5.69 Å². The Bertz CT molecular complexity index is 630. The lowest BCUT2D eigenvalue weighted by Gasteiger charge is -2.09. The first-order valence-corrected chi connectivity index (χ1v) is 6.97. The summed E-state index contributed by atoms with van der Waals surface area (Å²) in [6.07, 6.45) is 0. The second-order valence-electron chi connectivity index (χ2n) is 4.26. The molecule has 2 rings (SSSR count). The molecule has 0 aliphatic heterocycles. The zero-order chi connectivity index (χ0) is 15.2. The van der Waals surface area contributed by atoms with Gasteiger partial charge in [0.2, 0.25) is 5.91 Å². The van der Waals surface area contributed by atoms with Crippen molar-refractivity contribution in [2.45, 2.75) is 0 Å². The van der Waals surface area contributed by atoms with Crippen molar-refractivity contribution in [1.29, 1.82) is 0 Å². The Labute approximate surface area is 133 Å². The van der Waals surface area contributed by atoms with E-state index in [2.05, 4.69) is 10.6 Å². The molecule has 0 saturated heterocycles. The summed E-state index contributed by atoms with van der Waals surface area (Å²) in [7, 11) is 1.54. The Balaban J connectivity index is 1.89. The van der Waals surface area contributed by atoms with Crippen molar-refractivity contribution in [1.82, 2.24) is 0 Å². The molecule has 0 heterocycles. The van der Waals surface area contributed by atoms with Crippen LogP contribution in [0, 0.1) is 0 Å². The molecule has 0 bridgehead atoms. The first kappa shape index (κ1) is 15.5. The molecule has 0 atom stereocenters. The predicted octanol–water partition coefficient (Wildman–Crippen LogP) is 4.05. The lowest BCUT2D eigenvalue weighted by Crippen LogP contribution is -2.21. The minimum atomic E-state index is -0.175. The third-order valence-corrected chi connectivity index (χ3v) is 3.28. The van der Waals surface area contributed by atoms with Gasteiger partial charge in [0.05, 0.1) is 18.7 Å². The van der Waals surface area contributed by atoms with Crippen LogP contribution in [0.15, 0.2) is 42.5 Å². The molecule has 0 aliphatic rings. The number of amides is 1. The normalized spacial score (nSPS) is 10.0. The van der Waals surface area contributed by atoms with Crippen molar-refractivity contribution in [3.8, 4) is 5.75 Å². The zero-order valence-electron chi connectivity index (χ0n) is 11.3. The van der Waals surface area contributed by atoms with Gasteiger partial charge in [0, 0.05) is 16.4 Å². The van der Waals surface area contributed by atoms with E-state index in [1.807, 2.05) is 0 Å². The molecule has 0 aliphatic carbocycles. The highest BCUT2D eigenvalue weighted by atomic mass is 35.5. The number of ether oxygens (including phenoxy) is 1. The van der Waals surface area contributed by atoms with Crippen LogP contribution in [0.4, 0.5) is 11.4 Å². The van der Waals surface area contributed by atoms with E-state index < -0.39 is 0 Å². The molecule has 0 fully saturated rings. The van der Waals surface area contributed by atoms with Gasteiger partial charge in [-0.05, 0) is 42.5 Å². The van der Waals surface area contributed by atoms with E-state index in [1.165, 1.54) is 7.11 Å². The quantitative estimate of drug-likeness (QED) is 0.872. The number of hydrogen-bond donors (Lipinski definition) is 2. The average Bonchev–Trinajstić information content (AvgIpc) is 2.47. The van der Waals surface area contributed by atoms with Gasteiger partial charge in [-0.15, -0.1) is 0 Å². The third-order valence-electron chi connectivity index (χ3n) is 2.73. The Morgan fingerprint density at radius 2 is 1.76 bits per heavy atom. The van der Waals surface area contributed by atoms with E-state index in [4.69, 9.17) is 27.9 Å². The third kappa shape index (κ3) is 4.55. The van der Waals surface area contributed by atoms with Crippen molar-refractivity contribution in [3.05, 3.63) is 52.5 Å². The van der Waals surface area contributed by atoms with Gasteiger partial charge in [0.25, 0.3) is 0 Å². The first-order valence-electron chi connectivity index (χ1n) is 6.21. The van der Waals surface area contributed by atoms with Crippen LogP contribution in [-0.2, 0) is 4.79 Å². The van der Waals surface area contributed by atoms with Crippen molar-refractivity contribution >= 4 is 40.5 Å². The molecule has 110 valence electrons. The molecule has 0 unspecified atom stereocenters. The average molecular weight is 325 g/mol. The maximum Gasteiger partial charge on any atom is 0.243 e. The highest BCUT2D eigenvalue weighted by molar-refractivity contribution is 6.32. The maximum absolute atomic E-state index is 11.8. The second-order valence-corrected chi connectivity index (χ2v) is 5.10. The summed E-state index contributed by atoms with van der Waals surface area (Å²) in [5.74, 6) is 0.389. The van der Waals surface area contributed by atoms with Crippen LogP contribution in [0.1, 0.15) is 0 Å². The Hall–Kier alpha value is -1.91. The second kappa shape index (κ2) is 7.20. The van der Waals surface area contributed by atoms with Gasteiger partial charge in [-0.25, -0.2) is 0 Å². The van der Waals surface area contributed by atoms with Gasteiger partial charge in [-0.3, -0.25) is 4.79 Å². The fraction of sp³-hybridized carbons (Fsp3) is 0.133. The van der Waals surface area contributed by atoms with Crippen LogP contribution in [0.2, 0.25) is 10.0 Å². The largest absolute Gasteiger partial charge is 0.495 e. The molecule has 0 spiro atoms. The topological polar surface area (TPSA) is 50.4 Å². The molecule has 0 aromatic heterocycles. The first-order chi connectivity index (χ1) is 10.1. The zero-order valence-corrected chi connectivity index (χ0v) is 12.8. The van der Waals surface area contributed by atoms with Gasteiger partial charge < -0.3 is 15.4 Å². The monoisotopic (exact) mass is 324 g/mol. The smallest absolute Gasteiger partial charge is 0.243 e. The molecule has 4 nitrogen and oxygen atoms in total. The number of anilines is 2.